The van der Waals surface area contributed by atoms with Crippen molar-refractivity contribution in [1.82, 2.24) is 24.5 Å². The third-order valence-corrected chi connectivity index (χ3v) is 7.48. The first-order chi connectivity index (χ1) is 18.6. The van der Waals surface area contributed by atoms with Gasteiger partial charge >= 0.3 is 0 Å². The number of nitrogen functional groups attached to an aromatic ring is 1. The summed E-state index contributed by atoms with van der Waals surface area (Å²) in [5, 5.41) is 14.3. The monoisotopic (exact) mass is 530 g/mol. The minimum absolute atomic E-state index is 0.124. The normalized spacial score (nSPS) is 20.3. The number of piperidine rings is 1. The number of aliphatic hydroxyl groups is 1. The Kier molecular flexibility index (Phi) is 6.90. The molecule has 1 amide bonds. The third kappa shape index (κ3) is 4.76. The van der Waals surface area contributed by atoms with Crippen LogP contribution in [0.2, 0.25) is 0 Å². The molecule has 0 radical (unpaired) electrons. The van der Waals surface area contributed by atoms with Crippen LogP contribution in [-0.4, -0.2) is 59.5 Å². The molecule has 1 aliphatic rings. The molecule has 5 rings (SSSR count). The van der Waals surface area contributed by atoms with Gasteiger partial charge in [0, 0.05) is 40.9 Å². The Morgan fingerprint density at radius 1 is 1.05 bits per heavy atom. The molecule has 1 saturated heterocycles. The molecule has 0 spiro atoms. The number of carbonyl (C=O) groups excluding carboxylic acids is 2. The fourth-order valence-electron chi connectivity index (χ4n) is 5.69. The van der Waals surface area contributed by atoms with Gasteiger partial charge in [0.2, 0.25) is 0 Å². The van der Waals surface area contributed by atoms with E-state index in [-0.39, 0.29) is 41.3 Å². The number of nitrogens with two attached hydrogens (primary N) is 1. The highest BCUT2D eigenvalue weighted by Crippen LogP contribution is 2.39. The molecule has 10 heteroatoms. The Hall–Kier alpha value is -4.18. The Morgan fingerprint density at radius 2 is 1.69 bits per heavy atom. The van der Waals surface area contributed by atoms with Crippen molar-refractivity contribution in [3.63, 3.8) is 0 Å². The van der Waals surface area contributed by atoms with Gasteiger partial charge in [-0.25, -0.2) is 9.37 Å². The van der Waals surface area contributed by atoms with Gasteiger partial charge in [-0.2, -0.15) is 9.61 Å². The lowest BCUT2D eigenvalue weighted by Crippen LogP contribution is -2.52. The molecule has 3 aromatic heterocycles. The fourth-order valence-corrected chi connectivity index (χ4v) is 5.69. The van der Waals surface area contributed by atoms with E-state index in [1.54, 1.807) is 29.4 Å². The molecule has 39 heavy (non-hydrogen) atoms. The lowest BCUT2D eigenvalue weighted by molar-refractivity contribution is -0.146. The van der Waals surface area contributed by atoms with Crippen LogP contribution in [0.4, 0.5) is 10.2 Å². The lowest BCUT2D eigenvalue weighted by atomic mass is 9.82. The predicted octanol–water partition coefficient (Wildman–Crippen LogP) is 4.25. The number of nitrogens with zero attached hydrogens (tertiary/aromatic N) is 5. The summed E-state index contributed by atoms with van der Waals surface area (Å²) >= 11 is 0. The van der Waals surface area contributed by atoms with Gasteiger partial charge in [-0.15, -0.1) is 0 Å². The zero-order valence-corrected chi connectivity index (χ0v) is 22.3. The first kappa shape index (κ1) is 26.4. The van der Waals surface area contributed by atoms with Gasteiger partial charge in [-0.1, -0.05) is 6.07 Å². The van der Waals surface area contributed by atoms with Crippen LogP contribution >= 0.6 is 0 Å². The number of amides is 1. The molecule has 0 saturated carbocycles. The summed E-state index contributed by atoms with van der Waals surface area (Å²) in [5.41, 5.74) is 10.9. The van der Waals surface area contributed by atoms with Gasteiger partial charge in [-0.3, -0.25) is 14.6 Å². The van der Waals surface area contributed by atoms with E-state index in [2.05, 4.69) is 10.1 Å². The van der Waals surface area contributed by atoms with Crippen LogP contribution in [0, 0.1) is 5.82 Å². The summed E-state index contributed by atoms with van der Waals surface area (Å²) in [6.45, 7) is 6.82. The number of hydrogen-bond donors (Lipinski definition) is 2. The Balaban J connectivity index is 1.55. The van der Waals surface area contributed by atoms with Crippen molar-refractivity contribution >= 4 is 23.2 Å². The molecule has 9 nitrogen and oxygen atoms in total. The molecule has 0 bridgehead atoms. The summed E-state index contributed by atoms with van der Waals surface area (Å²) < 4.78 is 14.8. The molecule has 4 atom stereocenters. The number of aromatic nitrogens is 4. The van der Waals surface area contributed by atoms with Crippen LogP contribution in [0.5, 0.6) is 0 Å². The zero-order valence-electron chi connectivity index (χ0n) is 22.3. The van der Waals surface area contributed by atoms with E-state index in [4.69, 9.17) is 10.7 Å². The van der Waals surface area contributed by atoms with E-state index in [0.717, 1.165) is 11.1 Å². The maximum absolute atomic E-state index is 13.3. The quantitative estimate of drug-likeness (QED) is 0.370. The molecule has 202 valence electrons. The molecule has 4 aromatic rings. The Morgan fingerprint density at radius 3 is 2.26 bits per heavy atom. The van der Waals surface area contributed by atoms with Crippen LogP contribution < -0.4 is 5.73 Å². The van der Waals surface area contributed by atoms with Crippen molar-refractivity contribution in [3.8, 4) is 22.4 Å². The maximum Gasteiger partial charge on any atom is 0.251 e. The number of hydrogen-bond acceptors (Lipinski definition) is 7. The van der Waals surface area contributed by atoms with Crippen molar-refractivity contribution in [2.24, 2.45) is 0 Å². The van der Waals surface area contributed by atoms with Crippen LogP contribution in [0.25, 0.3) is 28.0 Å². The van der Waals surface area contributed by atoms with E-state index in [1.165, 1.54) is 30.5 Å². The standard InChI is InChI=1S/C29H31FN6O3/c1-15-11-21(12-16(2)35(15)29(39)18(4)38)26-25(17(3)37)27(31)36-28(34-26)23(14-33-36)20-7-10-24(32-13-20)19-5-8-22(30)9-6-19/h5-10,13-16,18,21,38H,11-12,31H2,1-4H3/t15-,16?,18+,21?/m0/s1. The second kappa shape index (κ2) is 10.2. The van der Waals surface area contributed by atoms with Gasteiger partial charge in [0.15, 0.2) is 11.4 Å². The van der Waals surface area contributed by atoms with Gasteiger partial charge in [0.1, 0.15) is 17.7 Å². The van der Waals surface area contributed by atoms with Gasteiger partial charge < -0.3 is 15.7 Å². The number of halogens is 1. The number of ketones is 1. The van der Waals surface area contributed by atoms with Crippen LogP contribution in [-0.2, 0) is 4.79 Å². The highest BCUT2D eigenvalue weighted by molar-refractivity contribution is 6.00. The average molecular weight is 531 g/mol. The number of benzene rings is 1. The maximum atomic E-state index is 13.3. The molecule has 1 fully saturated rings. The second-order valence-electron chi connectivity index (χ2n) is 10.3. The molecule has 3 N–H and O–H groups in total. The van der Waals surface area contributed by atoms with Crippen molar-refractivity contribution < 1.29 is 19.1 Å². The summed E-state index contributed by atoms with van der Waals surface area (Å²) in [4.78, 5) is 36.6. The van der Waals surface area contributed by atoms with E-state index < -0.39 is 6.10 Å². The fraction of sp³-hybridized carbons (Fsp3) is 0.345. The minimum Gasteiger partial charge on any atom is -0.384 e. The van der Waals surface area contributed by atoms with E-state index in [0.29, 0.717) is 41.0 Å². The highest BCUT2D eigenvalue weighted by atomic mass is 19.1. The lowest BCUT2D eigenvalue weighted by Gasteiger charge is -2.43. The van der Waals surface area contributed by atoms with Crippen molar-refractivity contribution in [2.75, 3.05) is 5.73 Å². The number of fused-ring (bicyclic) bond motifs is 1. The topological polar surface area (TPSA) is 127 Å². The van der Waals surface area contributed by atoms with Crippen molar-refractivity contribution in [1.29, 1.82) is 0 Å². The van der Waals surface area contributed by atoms with Crippen LogP contribution in [0.3, 0.4) is 0 Å². The summed E-state index contributed by atoms with van der Waals surface area (Å²) in [6, 6.07) is 9.55. The molecule has 1 aromatic carbocycles. The first-order valence-corrected chi connectivity index (χ1v) is 13.0. The third-order valence-electron chi connectivity index (χ3n) is 7.48. The highest BCUT2D eigenvalue weighted by Gasteiger charge is 2.38. The number of aliphatic hydroxyl groups excluding tert-OH is 1. The molecule has 4 heterocycles. The SMILES string of the molecule is CC(=O)c1c(C2CC(C)N(C(=O)[C@@H](C)O)[C@@H](C)C2)nc2c(-c3ccc(-c4ccc(F)cc4)nc3)cnn2c1N. The van der Waals surface area contributed by atoms with Gasteiger partial charge in [0.25, 0.3) is 5.91 Å². The smallest absolute Gasteiger partial charge is 0.251 e. The summed E-state index contributed by atoms with van der Waals surface area (Å²) in [5.74, 6) is -0.733. The van der Waals surface area contributed by atoms with E-state index in [1.807, 2.05) is 26.0 Å². The molecule has 0 aliphatic carbocycles. The predicted molar refractivity (Wildman–Crippen MR) is 145 cm³/mol. The van der Waals surface area contributed by atoms with Crippen molar-refractivity contribution in [3.05, 3.63) is 65.9 Å². The van der Waals surface area contributed by atoms with Crippen molar-refractivity contribution in [2.45, 2.75) is 64.6 Å². The number of carbonyl (C=O) groups is 2. The molecular formula is C29H31FN6O3. The van der Waals surface area contributed by atoms with Crippen LogP contribution in [0.1, 0.15) is 62.5 Å². The second-order valence-corrected chi connectivity index (χ2v) is 10.3. The van der Waals surface area contributed by atoms with Gasteiger partial charge in [0.05, 0.1) is 23.1 Å². The Bertz CT molecular complexity index is 1540. The van der Waals surface area contributed by atoms with E-state index in [9.17, 15) is 19.1 Å². The van der Waals surface area contributed by atoms with E-state index >= 15 is 0 Å². The Labute approximate surface area is 225 Å². The first-order valence-electron chi connectivity index (χ1n) is 13.0. The molecule has 2 unspecified atom stereocenters. The summed E-state index contributed by atoms with van der Waals surface area (Å²) in [6.07, 6.45) is 3.42. The largest absolute Gasteiger partial charge is 0.384 e. The number of Topliss-reactive ketones (excluding diaryl/α,β-unsaturated/α-hetero) is 1. The van der Waals surface area contributed by atoms with Gasteiger partial charge in [-0.05, 0) is 70.9 Å². The number of rotatable bonds is 5. The minimum atomic E-state index is -1.08. The van der Waals surface area contributed by atoms with Crippen LogP contribution in [0.15, 0.2) is 48.8 Å². The average Bonchev–Trinajstić information content (AvgIpc) is 3.33. The molecular weight excluding hydrogens is 499 g/mol. The zero-order chi connectivity index (χ0) is 28.0. The molecule has 1 aliphatic heterocycles. The number of likely N-dealkylation sites (tertiary alicyclic amines) is 1. The number of pyridine rings is 1. The summed E-state index contributed by atoms with van der Waals surface area (Å²) in [7, 11) is 0. The number of anilines is 1.